The topological polar surface area (TPSA) is 29.9 Å². The number of rotatable bonds is 5. The summed E-state index contributed by atoms with van der Waals surface area (Å²) >= 11 is 0. The molecule has 1 aromatic heterocycles. The van der Waals surface area contributed by atoms with Crippen molar-refractivity contribution in [3.63, 3.8) is 0 Å². The lowest BCUT2D eigenvalue weighted by Crippen LogP contribution is -2.24. The van der Waals surface area contributed by atoms with E-state index in [-0.39, 0.29) is 0 Å². The minimum absolute atomic E-state index is 0.618. The standard InChI is InChI=1S/C17H31N3/c1-6-18-10-9-17-14(4)19-20(15(17)5)16-8-7-12(2)13(3)11-16/h12-13,16,18H,6-11H2,1-5H3. The zero-order chi connectivity index (χ0) is 14.7. The molecule has 1 aromatic rings. The second-order valence-corrected chi connectivity index (χ2v) is 6.62. The van der Waals surface area contributed by atoms with Crippen LogP contribution in [0.1, 0.15) is 63.0 Å². The van der Waals surface area contributed by atoms with Crippen molar-refractivity contribution in [3.8, 4) is 0 Å². The van der Waals surface area contributed by atoms with Gasteiger partial charge in [-0.1, -0.05) is 20.8 Å². The quantitative estimate of drug-likeness (QED) is 0.833. The smallest absolute Gasteiger partial charge is 0.0629 e. The van der Waals surface area contributed by atoms with Crippen molar-refractivity contribution >= 4 is 0 Å². The van der Waals surface area contributed by atoms with Gasteiger partial charge in [-0.15, -0.1) is 0 Å². The van der Waals surface area contributed by atoms with E-state index >= 15 is 0 Å². The fraction of sp³-hybridized carbons (Fsp3) is 0.824. The summed E-state index contributed by atoms with van der Waals surface area (Å²) < 4.78 is 2.33. The molecule has 1 heterocycles. The van der Waals surface area contributed by atoms with E-state index in [4.69, 9.17) is 5.10 Å². The maximum absolute atomic E-state index is 4.86. The third kappa shape index (κ3) is 3.25. The van der Waals surface area contributed by atoms with Gasteiger partial charge in [0.15, 0.2) is 0 Å². The fourth-order valence-corrected chi connectivity index (χ4v) is 3.55. The Balaban J connectivity index is 2.11. The SMILES string of the molecule is CCNCCc1c(C)nn(C2CCC(C)C(C)C2)c1C. The van der Waals surface area contributed by atoms with E-state index in [2.05, 4.69) is 44.6 Å². The van der Waals surface area contributed by atoms with Gasteiger partial charge >= 0.3 is 0 Å². The number of hydrogen-bond donors (Lipinski definition) is 1. The molecule has 1 aliphatic rings. The maximum Gasteiger partial charge on any atom is 0.0629 e. The Morgan fingerprint density at radius 2 is 1.95 bits per heavy atom. The Morgan fingerprint density at radius 1 is 1.20 bits per heavy atom. The Bertz CT molecular complexity index is 436. The van der Waals surface area contributed by atoms with Crippen LogP contribution in [0.25, 0.3) is 0 Å². The van der Waals surface area contributed by atoms with Gasteiger partial charge in [0.25, 0.3) is 0 Å². The molecule has 3 unspecified atom stereocenters. The van der Waals surface area contributed by atoms with Gasteiger partial charge in [-0.25, -0.2) is 0 Å². The van der Waals surface area contributed by atoms with Crippen LogP contribution in [-0.2, 0) is 6.42 Å². The number of likely N-dealkylation sites (N-methyl/N-ethyl adjacent to an activating group) is 1. The second kappa shape index (κ2) is 6.75. The summed E-state index contributed by atoms with van der Waals surface area (Å²) in [6.45, 7) is 13.5. The molecule has 0 aliphatic heterocycles. The summed E-state index contributed by atoms with van der Waals surface area (Å²) in [6.07, 6.45) is 5.02. The fourth-order valence-electron chi connectivity index (χ4n) is 3.55. The molecule has 20 heavy (non-hydrogen) atoms. The van der Waals surface area contributed by atoms with Gasteiger partial charge in [-0.2, -0.15) is 5.10 Å². The van der Waals surface area contributed by atoms with E-state index in [0.29, 0.717) is 6.04 Å². The molecule has 3 atom stereocenters. The first-order chi connectivity index (χ1) is 9.54. The molecule has 114 valence electrons. The maximum atomic E-state index is 4.86. The van der Waals surface area contributed by atoms with E-state index < -0.39 is 0 Å². The predicted molar refractivity (Wildman–Crippen MR) is 85.2 cm³/mol. The highest BCUT2D eigenvalue weighted by Gasteiger charge is 2.27. The third-order valence-corrected chi connectivity index (χ3v) is 5.19. The lowest BCUT2D eigenvalue weighted by atomic mass is 9.79. The Hall–Kier alpha value is -0.830. The summed E-state index contributed by atoms with van der Waals surface area (Å²) in [7, 11) is 0. The highest BCUT2D eigenvalue weighted by atomic mass is 15.3. The van der Waals surface area contributed by atoms with Gasteiger partial charge in [-0.3, -0.25) is 4.68 Å². The van der Waals surface area contributed by atoms with Crippen molar-refractivity contribution in [3.05, 3.63) is 17.0 Å². The molecule has 3 heteroatoms. The third-order valence-electron chi connectivity index (χ3n) is 5.19. The molecule has 1 saturated carbocycles. The normalized spacial score (nSPS) is 26.9. The predicted octanol–water partition coefficient (Wildman–Crippen LogP) is 3.65. The average Bonchev–Trinajstić information content (AvgIpc) is 2.70. The summed E-state index contributed by atoms with van der Waals surface area (Å²) in [6, 6.07) is 0.618. The van der Waals surface area contributed by atoms with Crippen molar-refractivity contribution < 1.29 is 0 Å². The van der Waals surface area contributed by atoms with Gasteiger partial charge < -0.3 is 5.32 Å². The monoisotopic (exact) mass is 277 g/mol. The summed E-state index contributed by atoms with van der Waals surface area (Å²) in [5.74, 6) is 1.69. The first-order valence-corrected chi connectivity index (χ1v) is 8.29. The molecule has 3 nitrogen and oxygen atoms in total. The molecular formula is C17H31N3. The molecule has 0 amide bonds. The van der Waals surface area contributed by atoms with E-state index in [9.17, 15) is 0 Å². The number of hydrogen-bond acceptors (Lipinski definition) is 2. The molecule has 0 radical (unpaired) electrons. The largest absolute Gasteiger partial charge is 0.317 e. The molecular weight excluding hydrogens is 246 g/mol. The second-order valence-electron chi connectivity index (χ2n) is 6.62. The molecule has 0 spiro atoms. The van der Waals surface area contributed by atoms with Gasteiger partial charge in [0.1, 0.15) is 0 Å². The van der Waals surface area contributed by atoms with E-state index in [0.717, 1.165) is 31.3 Å². The number of aryl methyl sites for hydroxylation is 1. The van der Waals surface area contributed by atoms with Crippen LogP contribution in [0.15, 0.2) is 0 Å². The Morgan fingerprint density at radius 3 is 2.60 bits per heavy atom. The molecule has 1 N–H and O–H groups in total. The highest BCUT2D eigenvalue weighted by molar-refractivity contribution is 5.25. The molecule has 1 fully saturated rings. The van der Waals surface area contributed by atoms with Crippen LogP contribution < -0.4 is 5.32 Å². The zero-order valence-electron chi connectivity index (χ0n) is 13.9. The molecule has 0 aromatic carbocycles. The van der Waals surface area contributed by atoms with Gasteiger partial charge in [0, 0.05) is 5.69 Å². The van der Waals surface area contributed by atoms with Crippen LogP contribution >= 0.6 is 0 Å². The first kappa shape index (κ1) is 15.6. The zero-order valence-corrected chi connectivity index (χ0v) is 13.9. The van der Waals surface area contributed by atoms with E-state index in [1.165, 1.54) is 36.2 Å². The molecule has 0 bridgehead atoms. The van der Waals surface area contributed by atoms with Crippen LogP contribution in [0.4, 0.5) is 0 Å². The first-order valence-electron chi connectivity index (χ1n) is 8.29. The molecule has 1 aliphatic carbocycles. The number of nitrogens with zero attached hydrogens (tertiary/aromatic N) is 2. The number of nitrogens with one attached hydrogen (secondary N) is 1. The molecule has 2 rings (SSSR count). The van der Waals surface area contributed by atoms with Gasteiger partial charge in [0.2, 0.25) is 0 Å². The summed E-state index contributed by atoms with van der Waals surface area (Å²) in [5.41, 5.74) is 4.08. The van der Waals surface area contributed by atoms with Crippen molar-refractivity contribution in [1.82, 2.24) is 15.1 Å². The van der Waals surface area contributed by atoms with Crippen LogP contribution in [0, 0.1) is 25.7 Å². The van der Waals surface area contributed by atoms with Crippen LogP contribution in [0.3, 0.4) is 0 Å². The lowest BCUT2D eigenvalue weighted by molar-refractivity contribution is 0.198. The molecule has 0 saturated heterocycles. The van der Waals surface area contributed by atoms with E-state index in [1.807, 2.05) is 0 Å². The summed E-state index contributed by atoms with van der Waals surface area (Å²) in [5, 5.41) is 8.28. The average molecular weight is 277 g/mol. The lowest BCUT2D eigenvalue weighted by Gasteiger charge is -2.32. The van der Waals surface area contributed by atoms with Crippen molar-refractivity contribution in [2.45, 2.75) is 66.3 Å². The van der Waals surface area contributed by atoms with Crippen LogP contribution in [0.2, 0.25) is 0 Å². The minimum Gasteiger partial charge on any atom is -0.317 e. The number of aromatic nitrogens is 2. The Kier molecular flexibility index (Phi) is 5.25. The van der Waals surface area contributed by atoms with Gasteiger partial charge in [-0.05, 0) is 70.0 Å². The van der Waals surface area contributed by atoms with Crippen molar-refractivity contribution in [2.75, 3.05) is 13.1 Å². The van der Waals surface area contributed by atoms with Crippen LogP contribution in [0.5, 0.6) is 0 Å². The minimum atomic E-state index is 0.618. The summed E-state index contributed by atoms with van der Waals surface area (Å²) in [4.78, 5) is 0. The Labute approximate surface area is 124 Å². The van der Waals surface area contributed by atoms with Crippen LogP contribution in [-0.4, -0.2) is 22.9 Å². The van der Waals surface area contributed by atoms with Gasteiger partial charge in [0.05, 0.1) is 11.7 Å². The van der Waals surface area contributed by atoms with Crippen molar-refractivity contribution in [1.29, 1.82) is 0 Å². The highest BCUT2D eigenvalue weighted by Crippen LogP contribution is 2.37. The van der Waals surface area contributed by atoms with E-state index in [1.54, 1.807) is 0 Å². The van der Waals surface area contributed by atoms with Crippen molar-refractivity contribution in [2.24, 2.45) is 11.8 Å².